The number of anilines is 1. The molecule has 2 unspecified atom stereocenters. The van der Waals surface area contributed by atoms with Crippen LogP contribution in [-0.4, -0.2) is 43.8 Å². The fourth-order valence-corrected chi connectivity index (χ4v) is 5.14. The number of nitrogens with zero attached hydrogens (tertiary/aromatic N) is 2. The Balaban J connectivity index is 1.86. The zero-order valence-corrected chi connectivity index (χ0v) is 18.5. The summed E-state index contributed by atoms with van der Waals surface area (Å²) in [6.07, 6.45) is -5.59. The van der Waals surface area contributed by atoms with Crippen molar-refractivity contribution in [3.8, 4) is 0 Å². The number of aryl methyl sites for hydroxylation is 2. The van der Waals surface area contributed by atoms with Crippen LogP contribution in [0.5, 0.6) is 0 Å². The predicted molar refractivity (Wildman–Crippen MR) is 113 cm³/mol. The van der Waals surface area contributed by atoms with E-state index in [0.717, 1.165) is 17.7 Å². The van der Waals surface area contributed by atoms with Crippen molar-refractivity contribution in [2.45, 2.75) is 30.5 Å². The molecule has 0 saturated carbocycles. The number of fused-ring (bicyclic) bond motifs is 1. The average Bonchev–Trinajstić information content (AvgIpc) is 3.02. The Kier molecular flexibility index (Phi) is 5.36. The third kappa shape index (κ3) is 3.56. The molecular weight excluding hydrogens is 477 g/mol. The van der Waals surface area contributed by atoms with E-state index in [9.17, 15) is 36.0 Å². The smallest absolute Gasteiger partial charge is 0.277 e. The standard InChI is InChI=1S/C21H17F3N4O5S/c1-11-3-7-13(8-4-11)28-16-15(17(29)26-19(28)31)20(18(30)25-16,21(22,23)24)27-34(32,33)14-9-5-12(2)6-10-14/h3-10,15,27H,1-2H3,(H,26,29,31). The maximum absolute atomic E-state index is 14.5. The van der Waals surface area contributed by atoms with Gasteiger partial charge in [-0.1, -0.05) is 35.4 Å². The van der Waals surface area contributed by atoms with Gasteiger partial charge in [-0.15, -0.1) is 0 Å². The molecule has 13 heteroatoms. The summed E-state index contributed by atoms with van der Waals surface area (Å²) < 4.78 is 70.7. The fourth-order valence-electron chi connectivity index (χ4n) is 3.78. The second-order valence-electron chi connectivity index (χ2n) is 7.90. The Bertz CT molecular complexity index is 1340. The molecule has 4 amide bonds. The van der Waals surface area contributed by atoms with Crippen molar-refractivity contribution in [2.75, 3.05) is 4.90 Å². The lowest BCUT2D eigenvalue weighted by molar-refractivity contribution is -0.199. The van der Waals surface area contributed by atoms with Crippen LogP contribution in [0.3, 0.4) is 0 Å². The molecule has 0 bridgehead atoms. The monoisotopic (exact) mass is 494 g/mol. The number of amides is 4. The van der Waals surface area contributed by atoms with Crippen LogP contribution in [0.25, 0.3) is 0 Å². The molecule has 2 N–H and O–H groups in total. The highest BCUT2D eigenvalue weighted by Gasteiger charge is 2.74. The number of carbonyl (C=O) groups excluding carboxylic acids is 3. The molecule has 0 radical (unpaired) electrons. The number of carbonyl (C=O) groups is 3. The number of nitrogens with one attached hydrogen (secondary N) is 2. The molecule has 1 saturated heterocycles. The van der Waals surface area contributed by atoms with Crippen molar-refractivity contribution in [3.05, 3.63) is 59.7 Å². The number of hydrogen-bond donors (Lipinski definition) is 2. The van der Waals surface area contributed by atoms with Gasteiger partial charge >= 0.3 is 12.2 Å². The zero-order valence-electron chi connectivity index (χ0n) is 17.7. The number of urea groups is 1. The minimum Gasteiger partial charge on any atom is -0.277 e. The largest absolute Gasteiger partial charge is 0.417 e. The summed E-state index contributed by atoms with van der Waals surface area (Å²) in [6.45, 7) is 3.38. The first-order valence-electron chi connectivity index (χ1n) is 9.80. The number of hydrogen-bond acceptors (Lipinski definition) is 5. The molecule has 34 heavy (non-hydrogen) atoms. The molecule has 4 rings (SSSR count). The van der Waals surface area contributed by atoms with E-state index < -0.39 is 56.2 Å². The van der Waals surface area contributed by atoms with Crippen molar-refractivity contribution in [2.24, 2.45) is 10.9 Å². The van der Waals surface area contributed by atoms with Crippen molar-refractivity contribution in [1.29, 1.82) is 0 Å². The van der Waals surface area contributed by atoms with Crippen LogP contribution in [0, 0.1) is 19.8 Å². The normalized spacial score (nSPS) is 23.0. The molecule has 178 valence electrons. The number of alkyl halides is 3. The SMILES string of the molecule is Cc1ccc(N2C(=O)NC(=O)C3C2=NC(=O)C3(NS(=O)(=O)c2ccc(C)cc2)C(F)(F)F)cc1. The molecule has 2 atom stereocenters. The van der Waals surface area contributed by atoms with Gasteiger partial charge in [0, 0.05) is 0 Å². The molecule has 2 aliphatic rings. The van der Waals surface area contributed by atoms with Crippen molar-refractivity contribution in [1.82, 2.24) is 10.0 Å². The molecule has 2 heterocycles. The molecule has 2 aliphatic heterocycles. The molecule has 0 aliphatic carbocycles. The lowest BCUT2D eigenvalue weighted by atomic mass is 9.82. The van der Waals surface area contributed by atoms with Crippen LogP contribution in [-0.2, 0) is 19.6 Å². The molecule has 0 aromatic heterocycles. The Hall–Kier alpha value is -3.58. The van der Waals surface area contributed by atoms with Crippen molar-refractivity contribution >= 4 is 39.4 Å². The Morgan fingerprint density at radius 3 is 2.03 bits per heavy atom. The van der Waals surface area contributed by atoms with Gasteiger partial charge in [0.15, 0.2) is 0 Å². The first-order valence-corrected chi connectivity index (χ1v) is 11.3. The number of imide groups is 1. The summed E-state index contributed by atoms with van der Waals surface area (Å²) >= 11 is 0. The van der Waals surface area contributed by atoms with Gasteiger partial charge in [-0.2, -0.15) is 22.9 Å². The Morgan fingerprint density at radius 2 is 1.50 bits per heavy atom. The van der Waals surface area contributed by atoms with Crippen LogP contribution < -0.4 is 14.9 Å². The van der Waals surface area contributed by atoms with Crippen LogP contribution in [0.2, 0.25) is 0 Å². The highest BCUT2D eigenvalue weighted by atomic mass is 32.2. The molecule has 2 aromatic rings. The van der Waals surface area contributed by atoms with Crippen LogP contribution >= 0.6 is 0 Å². The summed E-state index contributed by atoms with van der Waals surface area (Å²) in [6, 6.07) is 9.60. The van der Waals surface area contributed by atoms with Gasteiger partial charge < -0.3 is 0 Å². The lowest BCUT2D eigenvalue weighted by Gasteiger charge is -2.38. The van der Waals surface area contributed by atoms with Gasteiger partial charge in [0.25, 0.3) is 5.91 Å². The first-order chi connectivity index (χ1) is 15.8. The third-order valence-electron chi connectivity index (χ3n) is 5.54. The van der Waals surface area contributed by atoms with Gasteiger partial charge in [0.1, 0.15) is 11.8 Å². The number of benzene rings is 2. The maximum atomic E-state index is 14.5. The third-order valence-corrected chi connectivity index (χ3v) is 7.02. The van der Waals surface area contributed by atoms with E-state index in [2.05, 4.69) is 4.99 Å². The van der Waals surface area contributed by atoms with Gasteiger partial charge in [-0.25, -0.2) is 18.1 Å². The maximum Gasteiger partial charge on any atom is 0.417 e. The fraction of sp³-hybridized carbons (Fsp3) is 0.238. The Morgan fingerprint density at radius 1 is 0.971 bits per heavy atom. The van der Waals surface area contributed by atoms with Crippen molar-refractivity contribution in [3.63, 3.8) is 0 Å². The highest BCUT2D eigenvalue weighted by Crippen LogP contribution is 2.45. The average molecular weight is 494 g/mol. The minimum absolute atomic E-state index is 0.0338. The van der Waals surface area contributed by atoms with E-state index in [1.54, 1.807) is 31.3 Å². The summed E-state index contributed by atoms with van der Waals surface area (Å²) in [5.41, 5.74) is -2.51. The number of halogens is 3. The number of amidine groups is 1. The van der Waals surface area contributed by atoms with E-state index in [1.807, 2.05) is 0 Å². The molecular formula is C21H17F3N4O5S. The van der Waals surface area contributed by atoms with E-state index in [0.29, 0.717) is 10.5 Å². The number of sulfonamides is 1. The summed E-state index contributed by atoms with van der Waals surface area (Å²) in [7, 11) is -4.96. The van der Waals surface area contributed by atoms with E-state index in [-0.39, 0.29) is 5.69 Å². The van der Waals surface area contributed by atoms with E-state index >= 15 is 0 Å². The minimum atomic E-state index is -5.59. The summed E-state index contributed by atoms with van der Waals surface area (Å²) in [4.78, 5) is 41.5. The molecule has 9 nitrogen and oxygen atoms in total. The van der Waals surface area contributed by atoms with E-state index in [4.69, 9.17) is 0 Å². The van der Waals surface area contributed by atoms with Crippen LogP contribution in [0.4, 0.5) is 23.7 Å². The lowest BCUT2D eigenvalue weighted by Crippen LogP contribution is -2.72. The van der Waals surface area contributed by atoms with Gasteiger partial charge in [0.05, 0.1) is 10.6 Å². The Labute approximate surface area is 191 Å². The first kappa shape index (κ1) is 23.6. The second-order valence-corrected chi connectivity index (χ2v) is 9.58. The highest BCUT2D eigenvalue weighted by molar-refractivity contribution is 7.89. The topological polar surface area (TPSA) is 125 Å². The second kappa shape index (κ2) is 7.74. The molecule has 2 aromatic carbocycles. The van der Waals surface area contributed by atoms with E-state index in [1.165, 1.54) is 29.0 Å². The van der Waals surface area contributed by atoms with Crippen LogP contribution in [0.1, 0.15) is 11.1 Å². The van der Waals surface area contributed by atoms with Gasteiger partial charge in [0.2, 0.25) is 21.5 Å². The van der Waals surface area contributed by atoms with Gasteiger partial charge in [-0.3, -0.25) is 14.9 Å². The summed E-state index contributed by atoms with van der Waals surface area (Å²) in [5.74, 6) is -6.79. The van der Waals surface area contributed by atoms with Gasteiger partial charge in [-0.05, 0) is 38.1 Å². The quantitative estimate of drug-likeness (QED) is 0.674. The zero-order chi connectivity index (χ0) is 25.1. The number of rotatable bonds is 4. The molecule has 0 spiro atoms. The summed E-state index contributed by atoms with van der Waals surface area (Å²) in [5, 5.41) is 1.77. The predicted octanol–water partition coefficient (Wildman–Crippen LogP) is 2.19. The van der Waals surface area contributed by atoms with Crippen molar-refractivity contribution < 1.29 is 36.0 Å². The molecule has 1 fully saturated rings. The van der Waals surface area contributed by atoms with Crippen LogP contribution in [0.15, 0.2) is 58.4 Å². The number of aliphatic imine (C=N–C) groups is 1.